The first-order valence-corrected chi connectivity index (χ1v) is 9.27. The van der Waals surface area contributed by atoms with Crippen molar-refractivity contribution in [1.82, 2.24) is 5.32 Å². The van der Waals surface area contributed by atoms with Crippen LogP contribution in [0.3, 0.4) is 0 Å². The van der Waals surface area contributed by atoms with Gasteiger partial charge in [-0.2, -0.15) is 0 Å². The van der Waals surface area contributed by atoms with Crippen LogP contribution in [0.1, 0.15) is 53.4 Å². The van der Waals surface area contributed by atoms with Gasteiger partial charge in [0.1, 0.15) is 0 Å². The Labute approximate surface area is 161 Å². The van der Waals surface area contributed by atoms with E-state index in [0.29, 0.717) is 17.3 Å². The molecular formula is C21H26N2O2S. The molecule has 0 unspecified atom stereocenters. The van der Waals surface area contributed by atoms with Crippen molar-refractivity contribution in [3.8, 4) is 0 Å². The number of carbonyl (C=O) groups is 1. The standard InChI is InChI=1S/C21H26N2O2S/c1-5-19(18-11-10-14(3)12-15(18)4)23-21(26)22-17-9-7-8-16(13-17)20(24)25-6-2/h7-13,19H,5-6H2,1-4H3,(H2,22,23,26)/t19-/m1/s1. The molecule has 4 nitrogen and oxygen atoms in total. The quantitative estimate of drug-likeness (QED) is 0.558. The largest absolute Gasteiger partial charge is 0.462 e. The van der Waals surface area contributed by atoms with Crippen LogP contribution in [-0.4, -0.2) is 17.7 Å². The molecule has 2 N–H and O–H groups in total. The summed E-state index contributed by atoms with van der Waals surface area (Å²) in [6.45, 7) is 8.47. The Bertz CT molecular complexity index is 789. The normalized spacial score (nSPS) is 11.5. The molecule has 0 aromatic heterocycles. The van der Waals surface area contributed by atoms with Gasteiger partial charge in [0.05, 0.1) is 18.2 Å². The van der Waals surface area contributed by atoms with E-state index in [1.165, 1.54) is 16.7 Å². The van der Waals surface area contributed by atoms with Gasteiger partial charge >= 0.3 is 5.97 Å². The Kier molecular flexibility index (Phi) is 7.16. The van der Waals surface area contributed by atoms with Crippen molar-refractivity contribution in [2.24, 2.45) is 0 Å². The molecule has 0 saturated heterocycles. The highest BCUT2D eigenvalue weighted by atomic mass is 32.1. The summed E-state index contributed by atoms with van der Waals surface area (Å²) in [7, 11) is 0. The molecule has 0 saturated carbocycles. The number of thiocarbonyl (C=S) groups is 1. The fraction of sp³-hybridized carbons (Fsp3) is 0.333. The second-order valence-electron chi connectivity index (χ2n) is 6.22. The zero-order valence-corrected chi connectivity index (χ0v) is 16.6. The molecule has 0 aliphatic heterocycles. The van der Waals surface area contributed by atoms with E-state index in [-0.39, 0.29) is 12.0 Å². The van der Waals surface area contributed by atoms with E-state index < -0.39 is 0 Å². The van der Waals surface area contributed by atoms with Gasteiger partial charge in [0.2, 0.25) is 0 Å². The maximum absolute atomic E-state index is 11.9. The summed E-state index contributed by atoms with van der Waals surface area (Å²) in [5.41, 5.74) is 4.99. The van der Waals surface area contributed by atoms with Crippen LogP contribution < -0.4 is 10.6 Å². The summed E-state index contributed by atoms with van der Waals surface area (Å²) in [5.74, 6) is -0.336. The molecule has 0 bridgehead atoms. The van der Waals surface area contributed by atoms with Gasteiger partial charge in [-0.1, -0.05) is 36.8 Å². The molecule has 0 amide bonds. The third kappa shape index (κ3) is 5.30. The first-order chi connectivity index (χ1) is 12.4. The molecule has 2 aromatic carbocycles. The molecule has 0 spiro atoms. The Morgan fingerprint density at radius 1 is 1.15 bits per heavy atom. The van der Waals surface area contributed by atoms with Gasteiger partial charge in [0.25, 0.3) is 0 Å². The lowest BCUT2D eigenvalue weighted by Gasteiger charge is -2.22. The van der Waals surface area contributed by atoms with Crippen molar-refractivity contribution in [2.45, 2.75) is 40.2 Å². The Balaban J connectivity index is 2.07. The Morgan fingerprint density at radius 3 is 2.58 bits per heavy atom. The van der Waals surface area contributed by atoms with Gasteiger partial charge in [-0.25, -0.2) is 4.79 Å². The minimum absolute atomic E-state index is 0.129. The lowest BCUT2D eigenvalue weighted by atomic mass is 9.98. The number of aryl methyl sites for hydroxylation is 2. The van der Waals surface area contributed by atoms with E-state index in [1.54, 1.807) is 25.1 Å². The van der Waals surface area contributed by atoms with E-state index >= 15 is 0 Å². The maximum atomic E-state index is 11.9. The van der Waals surface area contributed by atoms with Crippen LogP contribution in [0.15, 0.2) is 42.5 Å². The van der Waals surface area contributed by atoms with Crippen molar-refractivity contribution in [3.05, 3.63) is 64.7 Å². The van der Waals surface area contributed by atoms with Crippen molar-refractivity contribution >= 4 is 29.0 Å². The van der Waals surface area contributed by atoms with Crippen molar-refractivity contribution in [2.75, 3.05) is 11.9 Å². The molecule has 5 heteroatoms. The first kappa shape index (κ1) is 19.9. The van der Waals surface area contributed by atoms with E-state index in [9.17, 15) is 4.79 Å². The highest BCUT2D eigenvalue weighted by molar-refractivity contribution is 7.80. The number of rotatable bonds is 6. The molecular weight excluding hydrogens is 344 g/mol. The molecule has 0 aliphatic carbocycles. The number of anilines is 1. The summed E-state index contributed by atoms with van der Waals surface area (Å²) in [4.78, 5) is 11.9. The van der Waals surface area contributed by atoms with Gasteiger partial charge in [-0.3, -0.25) is 0 Å². The second-order valence-corrected chi connectivity index (χ2v) is 6.63. The van der Waals surface area contributed by atoms with Gasteiger partial charge in [0.15, 0.2) is 5.11 Å². The molecule has 2 rings (SSSR count). The number of hydrogen-bond acceptors (Lipinski definition) is 3. The van der Waals surface area contributed by atoms with Crippen LogP contribution in [0.25, 0.3) is 0 Å². The SMILES string of the molecule is CCOC(=O)c1cccc(NC(=S)N[C@H](CC)c2ccc(C)cc2C)c1. The number of carbonyl (C=O) groups excluding carboxylic acids is 1. The lowest BCUT2D eigenvalue weighted by molar-refractivity contribution is 0.0526. The molecule has 0 fully saturated rings. The van der Waals surface area contributed by atoms with E-state index in [0.717, 1.165) is 12.1 Å². The van der Waals surface area contributed by atoms with E-state index in [1.807, 2.05) is 6.07 Å². The zero-order valence-electron chi connectivity index (χ0n) is 15.8. The molecule has 138 valence electrons. The third-order valence-corrected chi connectivity index (χ3v) is 4.37. The number of nitrogens with one attached hydrogen (secondary N) is 2. The fourth-order valence-electron chi connectivity index (χ4n) is 2.88. The summed E-state index contributed by atoms with van der Waals surface area (Å²) in [6.07, 6.45) is 0.911. The fourth-order valence-corrected chi connectivity index (χ4v) is 3.14. The molecule has 0 aliphatic rings. The summed E-state index contributed by atoms with van der Waals surface area (Å²) in [5, 5.41) is 7.05. The summed E-state index contributed by atoms with van der Waals surface area (Å²) < 4.78 is 5.04. The van der Waals surface area contributed by atoms with Crippen LogP contribution >= 0.6 is 12.2 Å². The first-order valence-electron chi connectivity index (χ1n) is 8.86. The topological polar surface area (TPSA) is 50.4 Å². The highest BCUT2D eigenvalue weighted by Gasteiger charge is 2.14. The second kappa shape index (κ2) is 9.34. The summed E-state index contributed by atoms with van der Waals surface area (Å²) in [6, 6.07) is 13.7. The average molecular weight is 371 g/mol. The highest BCUT2D eigenvalue weighted by Crippen LogP contribution is 2.22. The van der Waals surface area contributed by atoms with Crippen molar-refractivity contribution in [3.63, 3.8) is 0 Å². The lowest BCUT2D eigenvalue weighted by Crippen LogP contribution is -2.32. The zero-order chi connectivity index (χ0) is 19.1. The number of benzene rings is 2. The summed E-state index contributed by atoms with van der Waals surface area (Å²) >= 11 is 5.47. The number of ether oxygens (including phenoxy) is 1. The predicted octanol–water partition coefficient (Wildman–Crippen LogP) is 4.92. The van der Waals surface area contributed by atoms with Crippen LogP contribution in [0.2, 0.25) is 0 Å². The van der Waals surface area contributed by atoms with Gasteiger partial charge in [0, 0.05) is 5.69 Å². The minimum atomic E-state index is -0.336. The molecule has 2 aromatic rings. The van der Waals surface area contributed by atoms with Crippen LogP contribution in [0, 0.1) is 13.8 Å². The van der Waals surface area contributed by atoms with Gasteiger partial charge < -0.3 is 15.4 Å². The van der Waals surface area contributed by atoms with E-state index in [4.69, 9.17) is 17.0 Å². The van der Waals surface area contributed by atoms with Crippen molar-refractivity contribution in [1.29, 1.82) is 0 Å². The monoisotopic (exact) mass is 370 g/mol. The minimum Gasteiger partial charge on any atom is -0.462 e. The smallest absolute Gasteiger partial charge is 0.338 e. The van der Waals surface area contributed by atoms with Crippen LogP contribution in [0.5, 0.6) is 0 Å². The maximum Gasteiger partial charge on any atom is 0.338 e. The predicted molar refractivity (Wildman–Crippen MR) is 111 cm³/mol. The Hall–Kier alpha value is -2.40. The van der Waals surface area contributed by atoms with Crippen molar-refractivity contribution < 1.29 is 9.53 Å². The molecule has 26 heavy (non-hydrogen) atoms. The number of esters is 1. The van der Waals surface area contributed by atoms with E-state index in [2.05, 4.69) is 49.6 Å². The van der Waals surface area contributed by atoms with Gasteiger partial charge in [-0.05, 0) is 68.7 Å². The van der Waals surface area contributed by atoms with Gasteiger partial charge in [-0.15, -0.1) is 0 Å². The third-order valence-electron chi connectivity index (χ3n) is 4.15. The van der Waals surface area contributed by atoms with Crippen LogP contribution in [-0.2, 0) is 4.74 Å². The molecule has 0 heterocycles. The average Bonchev–Trinajstić information content (AvgIpc) is 2.60. The molecule has 1 atom stereocenters. The van der Waals surface area contributed by atoms with Crippen LogP contribution in [0.4, 0.5) is 5.69 Å². The number of hydrogen-bond donors (Lipinski definition) is 2. The molecule has 0 radical (unpaired) electrons. The Morgan fingerprint density at radius 2 is 1.92 bits per heavy atom.